The zero-order valence-electron chi connectivity index (χ0n) is 11.7. The molecule has 5 nitrogen and oxygen atoms in total. The number of aromatic nitrogens is 1. The molecule has 0 aliphatic rings. The largest absolute Gasteiger partial charge is 0.382 e. The van der Waals surface area contributed by atoms with Crippen LogP contribution in [-0.2, 0) is 16.4 Å². The van der Waals surface area contributed by atoms with Crippen LogP contribution < -0.4 is 10.6 Å². The molecule has 1 aromatic heterocycles. The second kappa shape index (κ2) is 5.98. The topological polar surface area (TPSA) is 76.3 Å². The maximum absolute atomic E-state index is 13.2. The van der Waals surface area contributed by atoms with Crippen molar-refractivity contribution in [1.29, 1.82) is 0 Å². The molecule has 2 N–H and O–H groups in total. The van der Waals surface area contributed by atoms with Gasteiger partial charge in [-0.2, -0.15) is 4.37 Å². The van der Waals surface area contributed by atoms with Crippen LogP contribution in [0.1, 0.15) is 12.5 Å². The number of rotatable bonds is 5. The SMILES string of the molecule is CCS(=O)(=O)c1c(N)nsc1N(C)Cc1cccc(F)c1. The van der Waals surface area contributed by atoms with Gasteiger partial charge in [0.05, 0.1) is 5.75 Å². The highest BCUT2D eigenvalue weighted by atomic mass is 32.2. The third-order valence-corrected chi connectivity index (χ3v) is 5.89. The molecule has 2 aromatic rings. The Morgan fingerprint density at radius 3 is 2.76 bits per heavy atom. The van der Waals surface area contributed by atoms with Gasteiger partial charge in [0.25, 0.3) is 0 Å². The number of anilines is 2. The lowest BCUT2D eigenvalue weighted by molar-refractivity contribution is 0.597. The Morgan fingerprint density at radius 2 is 2.14 bits per heavy atom. The molecule has 1 heterocycles. The summed E-state index contributed by atoms with van der Waals surface area (Å²) in [5.41, 5.74) is 6.43. The fourth-order valence-electron chi connectivity index (χ4n) is 1.95. The van der Waals surface area contributed by atoms with E-state index in [1.807, 2.05) is 0 Å². The summed E-state index contributed by atoms with van der Waals surface area (Å²) < 4.78 is 41.4. The molecule has 0 bridgehead atoms. The highest BCUT2D eigenvalue weighted by Gasteiger charge is 2.26. The summed E-state index contributed by atoms with van der Waals surface area (Å²) in [6, 6.07) is 6.16. The molecule has 8 heteroatoms. The molecule has 0 fully saturated rings. The maximum atomic E-state index is 13.2. The van der Waals surface area contributed by atoms with Crippen LogP contribution in [-0.4, -0.2) is 25.6 Å². The molecule has 1 aromatic carbocycles. The Balaban J connectivity index is 2.35. The number of nitrogen functional groups attached to an aromatic ring is 1. The van der Waals surface area contributed by atoms with Gasteiger partial charge in [-0.25, -0.2) is 12.8 Å². The molecule has 0 saturated carbocycles. The van der Waals surface area contributed by atoms with Gasteiger partial charge in [0.15, 0.2) is 15.7 Å². The van der Waals surface area contributed by atoms with Crippen molar-refractivity contribution in [3.05, 3.63) is 35.6 Å². The van der Waals surface area contributed by atoms with Crippen molar-refractivity contribution < 1.29 is 12.8 Å². The van der Waals surface area contributed by atoms with Gasteiger partial charge in [-0.15, -0.1) is 0 Å². The number of hydrogen-bond donors (Lipinski definition) is 1. The Morgan fingerprint density at radius 1 is 1.43 bits per heavy atom. The molecular formula is C13H16FN3O2S2. The van der Waals surface area contributed by atoms with E-state index in [1.165, 1.54) is 12.1 Å². The Kier molecular flexibility index (Phi) is 4.48. The van der Waals surface area contributed by atoms with E-state index >= 15 is 0 Å². The van der Waals surface area contributed by atoms with Gasteiger partial charge in [-0.3, -0.25) is 0 Å². The first-order chi connectivity index (χ1) is 9.85. The summed E-state index contributed by atoms with van der Waals surface area (Å²) in [5, 5.41) is 0.471. The van der Waals surface area contributed by atoms with Crippen LogP contribution in [0.2, 0.25) is 0 Å². The van der Waals surface area contributed by atoms with Crippen molar-refractivity contribution in [2.75, 3.05) is 23.4 Å². The minimum absolute atomic E-state index is 0.0166. The molecule has 0 unspecified atom stereocenters. The predicted molar refractivity (Wildman–Crippen MR) is 82.8 cm³/mol. The minimum Gasteiger partial charge on any atom is -0.382 e. The third-order valence-electron chi connectivity index (χ3n) is 3.00. The Hall–Kier alpha value is -1.67. The molecule has 2 rings (SSSR count). The first-order valence-electron chi connectivity index (χ1n) is 6.28. The summed E-state index contributed by atoms with van der Waals surface area (Å²) in [5.74, 6) is -0.356. The van der Waals surface area contributed by atoms with Crippen molar-refractivity contribution >= 4 is 32.2 Å². The van der Waals surface area contributed by atoms with Crippen LogP contribution in [0.15, 0.2) is 29.2 Å². The van der Waals surface area contributed by atoms with Crippen molar-refractivity contribution in [2.45, 2.75) is 18.4 Å². The number of benzene rings is 1. The smallest absolute Gasteiger partial charge is 0.184 e. The molecular weight excluding hydrogens is 313 g/mol. The second-order valence-corrected chi connectivity index (χ2v) is 7.56. The quantitative estimate of drug-likeness (QED) is 0.911. The van der Waals surface area contributed by atoms with Gasteiger partial charge >= 0.3 is 0 Å². The van der Waals surface area contributed by atoms with Crippen molar-refractivity contribution in [3.8, 4) is 0 Å². The number of nitrogens with two attached hydrogens (primary N) is 1. The first-order valence-corrected chi connectivity index (χ1v) is 8.71. The fourth-order valence-corrected chi connectivity index (χ4v) is 4.24. The molecule has 0 atom stereocenters. The third kappa shape index (κ3) is 3.33. The van der Waals surface area contributed by atoms with E-state index in [4.69, 9.17) is 5.73 Å². The van der Waals surface area contributed by atoms with Gasteiger partial charge in [0.1, 0.15) is 15.7 Å². The lowest BCUT2D eigenvalue weighted by Gasteiger charge is -2.18. The van der Waals surface area contributed by atoms with E-state index in [1.54, 1.807) is 31.0 Å². The van der Waals surface area contributed by atoms with E-state index in [2.05, 4.69) is 4.37 Å². The average molecular weight is 329 g/mol. The van der Waals surface area contributed by atoms with Gasteiger partial charge in [-0.1, -0.05) is 19.1 Å². The van der Waals surface area contributed by atoms with E-state index in [0.717, 1.165) is 17.1 Å². The summed E-state index contributed by atoms with van der Waals surface area (Å²) >= 11 is 1.03. The van der Waals surface area contributed by atoms with E-state index in [0.29, 0.717) is 11.5 Å². The number of sulfone groups is 1. The molecule has 0 aliphatic heterocycles. The highest BCUT2D eigenvalue weighted by molar-refractivity contribution is 7.91. The normalized spacial score (nSPS) is 11.6. The van der Waals surface area contributed by atoms with E-state index in [9.17, 15) is 12.8 Å². The van der Waals surface area contributed by atoms with Crippen LogP contribution in [0.5, 0.6) is 0 Å². The summed E-state index contributed by atoms with van der Waals surface area (Å²) in [4.78, 5) is 1.78. The van der Waals surface area contributed by atoms with Gasteiger partial charge in [0, 0.05) is 13.6 Å². The number of nitrogens with zero attached hydrogens (tertiary/aromatic N) is 2. The minimum atomic E-state index is -3.45. The lowest BCUT2D eigenvalue weighted by atomic mass is 10.2. The van der Waals surface area contributed by atoms with Crippen molar-refractivity contribution in [1.82, 2.24) is 4.37 Å². The summed E-state index contributed by atoms with van der Waals surface area (Å²) in [7, 11) is -1.73. The first kappa shape index (κ1) is 15.7. The monoisotopic (exact) mass is 329 g/mol. The zero-order chi connectivity index (χ0) is 15.6. The number of halogens is 1. The maximum Gasteiger partial charge on any atom is 0.184 e. The van der Waals surface area contributed by atoms with Crippen LogP contribution in [0.4, 0.5) is 15.2 Å². The predicted octanol–water partition coefficient (Wildman–Crippen LogP) is 2.29. The molecule has 0 amide bonds. The molecule has 0 aliphatic carbocycles. The molecule has 21 heavy (non-hydrogen) atoms. The molecule has 0 spiro atoms. The van der Waals surface area contributed by atoms with Crippen LogP contribution >= 0.6 is 11.5 Å². The van der Waals surface area contributed by atoms with Crippen LogP contribution in [0.3, 0.4) is 0 Å². The van der Waals surface area contributed by atoms with Gasteiger partial charge in [0.2, 0.25) is 0 Å². The van der Waals surface area contributed by atoms with E-state index in [-0.39, 0.29) is 22.3 Å². The molecule has 114 valence electrons. The second-order valence-electron chi connectivity index (χ2n) is 4.59. The molecule has 0 saturated heterocycles. The van der Waals surface area contributed by atoms with Gasteiger partial charge in [-0.05, 0) is 29.2 Å². The Bertz CT molecular complexity index is 744. The zero-order valence-corrected chi connectivity index (χ0v) is 13.3. The van der Waals surface area contributed by atoms with Crippen molar-refractivity contribution in [2.24, 2.45) is 0 Å². The summed E-state index contributed by atoms with van der Waals surface area (Å²) in [6.45, 7) is 1.93. The van der Waals surface area contributed by atoms with Crippen LogP contribution in [0.25, 0.3) is 0 Å². The highest BCUT2D eigenvalue weighted by Crippen LogP contribution is 2.35. The lowest BCUT2D eigenvalue weighted by Crippen LogP contribution is -2.18. The van der Waals surface area contributed by atoms with E-state index < -0.39 is 9.84 Å². The number of hydrogen-bond acceptors (Lipinski definition) is 6. The Labute approximate surface area is 127 Å². The van der Waals surface area contributed by atoms with Crippen molar-refractivity contribution in [3.63, 3.8) is 0 Å². The summed E-state index contributed by atoms with van der Waals surface area (Å²) in [6.07, 6.45) is 0. The molecule has 0 radical (unpaired) electrons. The van der Waals surface area contributed by atoms with Crippen LogP contribution in [0, 0.1) is 5.82 Å². The average Bonchev–Trinajstić information content (AvgIpc) is 2.81. The van der Waals surface area contributed by atoms with Gasteiger partial charge < -0.3 is 10.6 Å². The standard InChI is InChI=1S/C13H16FN3O2S2/c1-3-21(18,19)11-12(15)16-20-13(11)17(2)8-9-5-4-6-10(14)7-9/h4-7H,3,8H2,1-2H3,(H2,15,16). The fraction of sp³-hybridized carbons (Fsp3) is 0.308.